The average Bonchev–Trinajstić information content (AvgIpc) is 2.77. The van der Waals surface area contributed by atoms with Gasteiger partial charge in [-0.05, 0) is 6.92 Å². The fraction of sp³-hybridized carbons (Fsp3) is 0.545. The number of fused-ring (bicyclic) bond motifs is 1. The van der Waals surface area contributed by atoms with Gasteiger partial charge in [0.05, 0.1) is 5.69 Å². The van der Waals surface area contributed by atoms with Crippen LogP contribution in [-0.2, 0) is 6.54 Å². The van der Waals surface area contributed by atoms with Crippen molar-refractivity contribution in [3.05, 3.63) is 23.5 Å². The van der Waals surface area contributed by atoms with Crippen LogP contribution in [-0.4, -0.2) is 40.0 Å². The Morgan fingerprint density at radius 1 is 1.62 bits per heavy atom. The number of nitrogens with one attached hydrogen (secondary N) is 1. The van der Waals surface area contributed by atoms with Gasteiger partial charge in [-0.1, -0.05) is 0 Å². The second-order valence-electron chi connectivity index (χ2n) is 4.42. The number of rotatable bonds is 2. The van der Waals surface area contributed by atoms with Crippen molar-refractivity contribution in [2.75, 3.05) is 19.6 Å². The third kappa shape index (κ3) is 1.98. The predicted octanol–water partition coefficient (Wildman–Crippen LogP) is 1.19. The first-order valence-electron chi connectivity index (χ1n) is 5.68. The molecule has 0 spiro atoms. The summed E-state index contributed by atoms with van der Waals surface area (Å²) in [4.78, 5) is 8.17. The Morgan fingerprint density at radius 2 is 2.56 bits per heavy atom. The van der Waals surface area contributed by atoms with E-state index < -0.39 is 0 Å². The normalized spacial score (nSPS) is 22.9. The van der Waals surface area contributed by atoms with Crippen LogP contribution < -0.4 is 5.32 Å². The summed E-state index contributed by atoms with van der Waals surface area (Å²) in [5, 5.41) is 5.52. The molecule has 3 rings (SSSR count). The maximum atomic E-state index is 4.61. The molecule has 1 unspecified atom stereocenters. The number of imidazole rings is 1. The Hall–Kier alpha value is -0.910. The molecule has 1 saturated heterocycles. The van der Waals surface area contributed by atoms with Gasteiger partial charge in [0.2, 0.25) is 0 Å². The Morgan fingerprint density at radius 3 is 3.38 bits per heavy atom. The van der Waals surface area contributed by atoms with E-state index in [9.17, 15) is 0 Å². The lowest BCUT2D eigenvalue weighted by Gasteiger charge is -2.31. The number of hydrogen-bond donors (Lipinski definition) is 1. The zero-order valence-corrected chi connectivity index (χ0v) is 10.2. The number of thiazole rings is 1. The molecule has 1 N–H and O–H groups in total. The van der Waals surface area contributed by atoms with Gasteiger partial charge in [0.15, 0.2) is 4.96 Å². The van der Waals surface area contributed by atoms with Crippen molar-refractivity contribution in [2.24, 2.45) is 0 Å². The molecule has 1 aliphatic heterocycles. The zero-order chi connectivity index (χ0) is 11.0. The molecule has 0 amide bonds. The summed E-state index contributed by atoms with van der Waals surface area (Å²) in [6, 6.07) is 0.595. The minimum Gasteiger partial charge on any atom is -0.312 e. The Bertz CT molecular complexity index is 446. The van der Waals surface area contributed by atoms with Crippen molar-refractivity contribution in [2.45, 2.75) is 19.5 Å². The van der Waals surface area contributed by atoms with Gasteiger partial charge < -0.3 is 5.32 Å². The molecule has 0 aliphatic carbocycles. The summed E-state index contributed by atoms with van der Waals surface area (Å²) in [6.07, 6.45) is 4.20. The number of hydrogen-bond acceptors (Lipinski definition) is 4. The fourth-order valence-electron chi connectivity index (χ4n) is 2.24. The van der Waals surface area contributed by atoms with E-state index in [0.29, 0.717) is 6.04 Å². The Kier molecular flexibility index (Phi) is 2.67. The molecule has 1 aliphatic rings. The van der Waals surface area contributed by atoms with Gasteiger partial charge in [0.1, 0.15) is 0 Å². The maximum absolute atomic E-state index is 4.61. The molecule has 16 heavy (non-hydrogen) atoms. The van der Waals surface area contributed by atoms with E-state index in [-0.39, 0.29) is 0 Å². The molecular weight excluding hydrogens is 220 g/mol. The maximum Gasteiger partial charge on any atom is 0.193 e. The van der Waals surface area contributed by atoms with Gasteiger partial charge in [-0.25, -0.2) is 4.98 Å². The Labute approximate surface area is 98.9 Å². The predicted molar refractivity (Wildman–Crippen MR) is 65.8 cm³/mol. The van der Waals surface area contributed by atoms with E-state index in [1.807, 2.05) is 0 Å². The molecule has 5 heteroatoms. The molecule has 0 aromatic carbocycles. The minimum absolute atomic E-state index is 0.595. The van der Waals surface area contributed by atoms with Crippen LogP contribution in [0, 0.1) is 0 Å². The first-order valence-corrected chi connectivity index (χ1v) is 6.56. The highest BCUT2D eigenvalue weighted by Crippen LogP contribution is 2.13. The standard InChI is InChI=1S/C11H16N4S/c1-9-6-14(3-2-12-9)7-10-8-15-4-5-16-11(15)13-10/h4-5,8-9,12H,2-3,6-7H2,1H3. The third-order valence-electron chi connectivity index (χ3n) is 2.98. The van der Waals surface area contributed by atoms with Crippen LogP contribution in [0.4, 0.5) is 0 Å². The van der Waals surface area contributed by atoms with Crippen molar-refractivity contribution >= 4 is 16.3 Å². The van der Waals surface area contributed by atoms with E-state index in [2.05, 4.69) is 44.3 Å². The monoisotopic (exact) mass is 236 g/mol. The van der Waals surface area contributed by atoms with Crippen LogP contribution >= 0.6 is 11.3 Å². The molecular formula is C11H16N4S. The average molecular weight is 236 g/mol. The number of piperazine rings is 1. The zero-order valence-electron chi connectivity index (χ0n) is 9.39. The Balaban J connectivity index is 1.71. The highest BCUT2D eigenvalue weighted by molar-refractivity contribution is 7.15. The van der Waals surface area contributed by atoms with Gasteiger partial charge in [0, 0.05) is 50.0 Å². The number of nitrogens with zero attached hydrogens (tertiary/aromatic N) is 3. The van der Waals surface area contributed by atoms with Gasteiger partial charge in [-0.3, -0.25) is 9.30 Å². The summed E-state index contributed by atoms with van der Waals surface area (Å²) < 4.78 is 2.10. The molecule has 2 aromatic rings. The SMILES string of the molecule is CC1CN(Cc2cn3ccsc3n2)CCN1. The first-order chi connectivity index (χ1) is 7.81. The quantitative estimate of drug-likeness (QED) is 0.850. The second kappa shape index (κ2) is 4.16. The summed E-state index contributed by atoms with van der Waals surface area (Å²) in [5.41, 5.74) is 1.18. The van der Waals surface area contributed by atoms with Crippen molar-refractivity contribution < 1.29 is 0 Å². The lowest BCUT2D eigenvalue weighted by Crippen LogP contribution is -2.48. The topological polar surface area (TPSA) is 32.6 Å². The molecule has 1 atom stereocenters. The van der Waals surface area contributed by atoms with E-state index in [4.69, 9.17) is 0 Å². The summed E-state index contributed by atoms with van der Waals surface area (Å²) in [5.74, 6) is 0. The third-order valence-corrected chi connectivity index (χ3v) is 3.75. The lowest BCUT2D eigenvalue weighted by atomic mass is 10.2. The van der Waals surface area contributed by atoms with Gasteiger partial charge >= 0.3 is 0 Å². The molecule has 0 saturated carbocycles. The molecule has 2 aromatic heterocycles. The van der Waals surface area contributed by atoms with Gasteiger partial charge in [0.25, 0.3) is 0 Å². The summed E-state index contributed by atoms with van der Waals surface area (Å²) >= 11 is 1.69. The van der Waals surface area contributed by atoms with E-state index in [0.717, 1.165) is 31.1 Å². The van der Waals surface area contributed by atoms with Crippen molar-refractivity contribution in [1.29, 1.82) is 0 Å². The molecule has 3 heterocycles. The highest BCUT2D eigenvalue weighted by Gasteiger charge is 2.16. The highest BCUT2D eigenvalue weighted by atomic mass is 32.1. The largest absolute Gasteiger partial charge is 0.312 e. The van der Waals surface area contributed by atoms with Crippen molar-refractivity contribution in [3.8, 4) is 0 Å². The smallest absolute Gasteiger partial charge is 0.193 e. The van der Waals surface area contributed by atoms with Crippen molar-refractivity contribution in [3.63, 3.8) is 0 Å². The molecule has 4 nitrogen and oxygen atoms in total. The fourth-order valence-corrected chi connectivity index (χ4v) is 2.96. The molecule has 0 bridgehead atoms. The molecule has 1 fully saturated rings. The van der Waals surface area contributed by atoms with Crippen LogP contribution in [0.1, 0.15) is 12.6 Å². The van der Waals surface area contributed by atoms with Gasteiger partial charge in [-0.2, -0.15) is 0 Å². The van der Waals surface area contributed by atoms with E-state index in [1.54, 1.807) is 11.3 Å². The summed E-state index contributed by atoms with van der Waals surface area (Å²) in [7, 11) is 0. The van der Waals surface area contributed by atoms with Crippen LogP contribution in [0.15, 0.2) is 17.8 Å². The minimum atomic E-state index is 0.595. The van der Waals surface area contributed by atoms with Crippen LogP contribution in [0.2, 0.25) is 0 Å². The van der Waals surface area contributed by atoms with Crippen LogP contribution in [0.25, 0.3) is 4.96 Å². The summed E-state index contributed by atoms with van der Waals surface area (Å²) in [6.45, 7) is 6.53. The van der Waals surface area contributed by atoms with Crippen LogP contribution in [0.3, 0.4) is 0 Å². The first kappa shape index (κ1) is 10.3. The number of aromatic nitrogens is 2. The van der Waals surface area contributed by atoms with Crippen molar-refractivity contribution in [1.82, 2.24) is 19.6 Å². The van der Waals surface area contributed by atoms with Crippen LogP contribution in [0.5, 0.6) is 0 Å². The molecule has 0 radical (unpaired) electrons. The second-order valence-corrected chi connectivity index (χ2v) is 5.29. The van der Waals surface area contributed by atoms with E-state index in [1.165, 1.54) is 5.69 Å². The van der Waals surface area contributed by atoms with Gasteiger partial charge in [-0.15, -0.1) is 11.3 Å². The molecule has 86 valence electrons. The lowest BCUT2D eigenvalue weighted by molar-refractivity contribution is 0.198. The van der Waals surface area contributed by atoms with E-state index >= 15 is 0 Å².